The van der Waals surface area contributed by atoms with E-state index in [-0.39, 0.29) is 11.9 Å². The van der Waals surface area contributed by atoms with Gasteiger partial charge in [-0.15, -0.1) is 11.3 Å². The van der Waals surface area contributed by atoms with Crippen molar-refractivity contribution in [2.45, 2.75) is 17.0 Å². The van der Waals surface area contributed by atoms with Crippen LogP contribution in [0, 0.1) is 6.92 Å². The molecule has 0 fully saturated rings. The summed E-state index contributed by atoms with van der Waals surface area (Å²) in [5, 5.41) is 2.04. The van der Waals surface area contributed by atoms with Gasteiger partial charge in [-0.3, -0.25) is 0 Å². The molecule has 6 nitrogen and oxygen atoms in total. The van der Waals surface area contributed by atoms with E-state index in [1.54, 1.807) is 23.1 Å². The fourth-order valence-electron chi connectivity index (χ4n) is 1.83. The maximum absolute atomic E-state index is 5.56. The van der Waals surface area contributed by atoms with Crippen LogP contribution in [0.1, 0.15) is 11.4 Å². The first-order chi connectivity index (χ1) is 10.6. The summed E-state index contributed by atoms with van der Waals surface area (Å²) >= 11 is 3.15. The molecule has 0 bridgehead atoms. The molecule has 2 aromatic heterocycles. The Hall–Kier alpha value is -2.19. The van der Waals surface area contributed by atoms with Crippen LogP contribution in [0.2, 0.25) is 0 Å². The topological polar surface area (TPSA) is 104 Å². The summed E-state index contributed by atoms with van der Waals surface area (Å²) in [5.41, 5.74) is 14.4. The second-order valence-corrected chi connectivity index (χ2v) is 6.70. The van der Waals surface area contributed by atoms with Gasteiger partial charge in [0.05, 0.1) is 11.4 Å². The van der Waals surface area contributed by atoms with Crippen molar-refractivity contribution in [3.05, 3.63) is 41.0 Å². The molecule has 1 aromatic carbocycles. The first kappa shape index (κ1) is 14.7. The molecule has 0 atom stereocenters. The SMILES string of the molecule is Cc1ccc(-c2csc(SCc3nc(N)nc(N)n3)n2)cc1. The molecule has 0 spiro atoms. The number of hydrogen-bond acceptors (Lipinski definition) is 8. The summed E-state index contributed by atoms with van der Waals surface area (Å²) in [7, 11) is 0. The number of hydrogen-bond donors (Lipinski definition) is 2. The molecule has 0 radical (unpaired) electrons. The van der Waals surface area contributed by atoms with Crippen LogP contribution in [0.3, 0.4) is 0 Å². The van der Waals surface area contributed by atoms with Crippen molar-refractivity contribution in [2.24, 2.45) is 0 Å². The second-order valence-electron chi connectivity index (χ2n) is 4.62. The molecule has 2 heterocycles. The van der Waals surface area contributed by atoms with Gasteiger partial charge in [-0.2, -0.15) is 15.0 Å². The molecule has 3 rings (SSSR count). The van der Waals surface area contributed by atoms with Crippen LogP contribution in [0.4, 0.5) is 11.9 Å². The van der Waals surface area contributed by atoms with Crippen molar-refractivity contribution < 1.29 is 0 Å². The monoisotopic (exact) mass is 330 g/mol. The number of rotatable bonds is 4. The van der Waals surface area contributed by atoms with Crippen LogP contribution >= 0.6 is 23.1 Å². The summed E-state index contributed by atoms with van der Waals surface area (Å²) in [6.45, 7) is 2.07. The Kier molecular flexibility index (Phi) is 4.21. The zero-order chi connectivity index (χ0) is 15.5. The van der Waals surface area contributed by atoms with Crippen LogP contribution in [0.15, 0.2) is 34.0 Å². The largest absolute Gasteiger partial charge is 0.368 e. The average Bonchev–Trinajstić information content (AvgIpc) is 2.94. The Bertz CT molecular complexity index is 764. The molecule has 8 heteroatoms. The van der Waals surface area contributed by atoms with Crippen molar-refractivity contribution in [1.82, 2.24) is 19.9 Å². The van der Waals surface area contributed by atoms with Gasteiger partial charge >= 0.3 is 0 Å². The smallest absolute Gasteiger partial charge is 0.225 e. The quantitative estimate of drug-likeness (QED) is 0.709. The minimum absolute atomic E-state index is 0.141. The van der Waals surface area contributed by atoms with Crippen LogP contribution in [-0.4, -0.2) is 19.9 Å². The lowest BCUT2D eigenvalue weighted by Gasteiger charge is -2.00. The predicted molar refractivity (Wildman–Crippen MR) is 90.5 cm³/mol. The number of thiazole rings is 1. The van der Waals surface area contributed by atoms with Crippen LogP contribution < -0.4 is 11.5 Å². The Labute approximate surface area is 136 Å². The molecular formula is C14H14N6S2. The van der Waals surface area contributed by atoms with E-state index in [1.807, 2.05) is 5.38 Å². The van der Waals surface area contributed by atoms with E-state index in [0.29, 0.717) is 11.6 Å². The Balaban J connectivity index is 1.70. The van der Waals surface area contributed by atoms with Gasteiger partial charge < -0.3 is 11.5 Å². The standard InChI is InChI=1S/C14H14N6S2/c1-8-2-4-9(5-3-8)10-6-21-14(17-10)22-7-11-18-12(15)20-13(16)19-11/h2-6H,7H2,1H3,(H4,15,16,18,19,20). The van der Waals surface area contributed by atoms with Gasteiger partial charge in [-0.05, 0) is 6.92 Å². The minimum atomic E-state index is 0.141. The van der Waals surface area contributed by atoms with Gasteiger partial charge in [-0.25, -0.2) is 4.98 Å². The van der Waals surface area contributed by atoms with Crippen LogP contribution in [-0.2, 0) is 5.75 Å². The maximum Gasteiger partial charge on any atom is 0.225 e. The first-order valence-electron chi connectivity index (χ1n) is 6.51. The lowest BCUT2D eigenvalue weighted by molar-refractivity contribution is 0.987. The van der Waals surface area contributed by atoms with Crippen molar-refractivity contribution in [3.8, 4) is 11.3 Å². The van der Waals surface area contributed by atoms with Crippen molar-refractivity contribution in [1.29, 1.82) is 0 Å². The highest BCUT2D eigenvalue weighted by molar-refractivity contribution is 8.00. The molecule has 22 heavy (non-hydrogen) atoms. The third-order valence-corrected chi connectivity index (χ3v) is 4.89. The third-order valence-electron chi connectivity index (χ3n) is 2.87. The molecule has 0 aliphatic heterocycles. The fourth-order valence-corrected chi connectivity index (χ4v) is 3.52. The molecule has 112 valence electrons. The number of nitrogens with two attached hydrogens (primary N) is 2. The van der Waals surface area contributed by atoms with Crippen LogP contribution in [0.5, 0.6) is 0 Å². The fraction of sp³-hybridized carbons (Fsp3) is 0.143. The van der Waals surface area contributed by atoms with Gasteiger partial charge in [0.25, 0.3) is 0 Å². The summed E-state index contributed by atoms with van der Waals surface area (Å²) in [6.07, 6.45) is 0. The molecule has 4 N–H and O–H groups in total. The molecule has 0 aliphatic rings. The van der Waals surface area contributed by atoms with Gasteiger partial charge in [-0.1, -0.05) is 41.6 Å². The summed E-state index contributed by atoms with van der Waals surface area (Å²) in [4.78, 5) is 16.5. The lowest BCUT2D eigenvalue weighted by atomic mass is 10.1. The summed E-state index contributed by atoms with van der Waals surface area (Å²) in [6, 6.07) is 8.31. The normalized spacial score (nSPS) is 10.8. The number of nitrogens with zero attached hydrogens (tertiary/aromatic N) is 4. The van der Waals surface area contributed by atoms with Gasteiger partial charge in [0.15, 0.2) is 4.34 Å². The minimum Gasteiger partial charge on any atom is -0.368 e. The van der Waals surface area contributed by atoms with E-state index in [2.05, 4.69) is 51.1 Å². The molecule has 0 aliphatic carbocycles. The third kappa shape index (κ3) is 3.52. The number of nitrogen functional groups attached to an aromatic ring is 2. The predicted octanol–water partition coefficient (Wildman–Crippen LogP) is 2.76. The first-order valence-corrected chi connectivity index (χ1v) is 8.38. The molecule has 0 amide bonds. The number of benzene rings is 1. The van der Waals surface area contributed by atoms with Crippen molar-refractivity contribution in [3.63, 3.8) is 0 Å². The van der Waals surface area contributed by atoms with Crippen LogP contribution in [0.25, 0.3) is 11.3 Å². The molecule has 0 saturated heterocycles. The average molecular weight is 330 g/mol. The van der Waals surface area contributed by atoms with Gasteiger partial charge in [0.1, 0.15) is 5.82 Å². The maximum atomic E-state index is 5.56. The molecular weight excluding hydrogens is 316 g/mol. The molecule has 0 unspecified atom stereocenters. The van der Waals surface area contributed by atoms with Crippen molar-refractivity contribution >= 4 is 35.0 Å². The highest BCUT2D eigenvalue weighted by Crippen LogP contribution is 2.29. The van der Waals surface area contributed by atoms with Gasteiger partial charge in [0, 0.05) is 10.9 Å². The lowest BCUT2D eigenvalue weighted by Crippen LogP contribution is -2.05. The zero-order valence-corrected chi connectivity index (χ0v) is 13.5. The van der Waals surface area contributed by atoms with E-state index >= 15 is 0 Å². The summed E-state index contributed by atoms with van der Waals surface area (Å²) < 4.78 is 0.952. The summed E-state index contributed by atoms with van der Waals surface area (Å²) in [5.74, 6) is 1.39. The molecule has 3 aromatic rings. The van der Waals surface area contributed by atoms with E-state index in [9.17, 15) is 0 Å². The number of thioether (sulfide) groups is 1. The Morgan fingerprint density at radius 2 is 1.68 bits per heavy atom. The second kappa shape index (κ2) is 6.29. The highest BCUT2D eigenvalue weighted by Gasteiger charge is 2.08. The number of aryl methyl sites for hydroxylation is 1. The van der Waals surface area contributed by atoms with Crippen molar-refractivity contribution in [2.75, 3.05) is 11.5 Å². The van der Waals surface area contributed by atoms with E-state index in [1.165, 1.54) is 5.56 Å². The Morgan fingerprint density at radius 3 is 2.36 bits per heavy atom. The van der Waals surface area contributed by atoms with E-state index in [4.69, 9.17) is 11.5 Å². The zero-order valence-electron chi connectivity index (χ0n) is 11.9. The van der Waals surface area contributed by atoms with E-state index < -0.39 is 0 Å². The number of aromatic nitrogens is 4. The highest BCUT2D eigenvalue weighted by atomic mass is 32.2. The Morgan fingerprint density at radius 1 is 1.00 bits per heavy atom. The van der Waals surface area contributed by atoms with Gasteiger partial charge in [0.2, 0.25) is 11.9 Å². The van der Waals surface area contributed by atoms with E-state index in [0.717, 1.165) is 15.6 Å². The number of anilines is 2. The molecule has 0 saturated carbocycles.